The summed E-state index contributed by atoms with van der Waals surface area (Å²) in [6, 6.07) is 2.14. The van der Waals surface area contributed by atoms with Gasteiger partial charge >= 0.3 is 6.09 Å². The van der Waals surface area contributed by atoms with Gasteiger partial charge in [0.25, 0.3) is 0 Å². The van der Waals surface area contributed by atoms with Crippen molar-refractivity contribution in [2.24, 2.45) is 0 Å². The van der Waals surface area contributed by atoms with Crippen LogP contribution < -0.4 is 10.6 Å². The molecule has 1 rings (SSSR count). The molecule has 1 aromatic heterocycles. The molecule has 0 bridgehead atoms. The Hall–Kier alpha value is -1.49. The van der Waals surface area contributed by atoms with Crippen molar-refractivity contribution in [1.29, 1.82) is 0 Å². The third-order valence-electron chi connectivity index (χ3n) is 2.82. The summed E-state index contributed by atoms with van der Waals surface area (Å²) in [5.41, 5.74) is 0.858. The zero-order valence-corrected chi connectivity index (χ0v) is 13.7. The zero-order chi connectivity index (χ0) is 15.7. The van der Waals surface area contributed by atoms with Crippen molar-refractivity contribution in [3.63, 3.8) is 0 Å². The van der Waals surface area contributed by atoms with E-state index in [1.165, 1.54) is 5.56 Å². The molecule has 1 amide bonds. The number of carbonyl (C=O) groups excluding carboxylic acids is 1. The van der Waals surface area contributed by atoms with Crippen molar-refractivity contribution in [2.75, 3.05) is 13.1 Å². The van der Waals surface area contributed by atoms with Crippen LogP contribution in [0.1, 0.15) is 46.1 Å². The molecule has 0 saturated carbocycles. The van der Waals surface area contributed by atoms with Crippen LogP contribution in [-0.4, -0.2) is 29.4 Å². The topological polar surface area (TPSA) is 55.3 Å². The number of nitrogens with one attached hydrogen (secondary N) is 2. The number of rotatable bonds is 8. The lowest BCUT2D eigenvalue weighted by Gasteiger charge is -2.19. The summed E-state index contributed by atoms with van der Waals surface area (Å²) in [4.78, 5) is 11.4. The molecule has 1 aromatic rings. The third kappa shape index (κ3) is 8.40. The van der Waals surface area contributed by atoms with Crippen LogP contribution in [0.2, 0.25) is 0 Å². The van der Waals surface area contributed by atoms with Gasteiger partial charge in [0.05, 0.1) is 0 Å². The van der Waals surface area contributed by atoms with Crippen molar-refractivity contribution < 1.29 is 9.53 Å². The summed E-state index contributed by atoms with van der Waals surface area (Å²) in [5.74, 6) is 0. The largest absolute Gasteiger partial charge is 0.444 e. The normalized spacial score (nSPS) is 11.4. The number of aromatic nitrogens is 1. The molecule has 0 aliphatic rings. The minimum absolute atomic E-state index is 0.348. The van der Waals surface area contributed by atoms with Crippen LogP contribution in [-0.2, 0) is 17.8 Å². The van der Waals surface area contributed by atoms with Gasteiger partial charge in [0, 0.05) is 32.0 Å². The number of amides is 1. The van der Waals surface area contributed by atoms with Crippen LogP contribution in [0.3, 0.4) is 0 Å². The van der Waals surface area contributed by atoms with E-state index in [-0.39, 0.29) is 6.09 Å². The molecule has 0 spiro atoms. The molecule has 120 valence electrons. The quantitative estimate of drug-likeness (QED) is 0.725. The average molecular weight is 295 g/mol. The van der Waals surface area contributed by atoms with Gasteiger partial charge in [-0.25, -0.2) is 4.79 Å². The number of nitrogens with zero attached hydrogens (tertiary/aromatic N) is 1. The van der Waals surface area contributed by atoms with Crippen molar-refractivity contribution >= 4 is 6.09 Å². The summed E-state index contributed by atoms with van der Waals surface area (Å²) in [5, 5.41) is 6.13. The van der Waals surface area contributed by atoms with Gasteiger partial charge < -0.3 is 19.9 Å². The lowest BCUT2D eigenvalue weighted by molar-refractivity contribution is 0.0527. The number of hydrogen-bond acceptors (Lipinski definition) is 3. The lowest BCUT2D eigenvalue weighted by atomic mass is 10.2. The number of alkyl carbamates (subject to hydrolysis) is 1. The summed E-state index contributed by atoms with van der Waals surface area (Å²) in [7, 11) is 0. The Morgan fingerprint density at radius 1 is 1.33 bits per heavy atom. The Morgan fingerprint density at radius 2 is 2.10 bits per heavy atom. The van der Waals surface area contributed by atoms with Crippen LogP contribution in [0.4, 0.5) is 4.79 Å². The maximum absolute atomic E-state index is 11.4. The van der Waals surface area contributed by atoms with Crippen LogP contribution >= 0.6 is 0 Å². The van der Waals surface area contributed by atoms with Gasteiger partial charge in [-0.05, 0) is 51.8 Å². The van der Waals surface area contributed by atoms with Gasteiger partial charge in [0.1, 0.15) is 5.60 Å². The van der Waals surface area contributed by atoms with E-state index < -0.39 is 5.60 Å². The molecule has 5 heteroatoms. The molecular formula is C16H29N3O2. The first kappa shape index (κ1) is 17.6. The molecule has 1 heterocycles. The minimum Gasteiger partial charge on any atom is -0.444 e. The van der Waals surface area contributed by atoms with Crippen LogP contribution in [0.15, 0.2) is 18.5 Å². The molecular weight excluding hydrogens is 266 g/mol. The molecule has 0 aliphatic carbocycles. The Bertz CT molecular complexity index is 421. The Balaban J connectivity index is 2.05. The fourth-order valence-corrected chi connectivity index (χ4v) is 1.94. The van der Waals surface area contributed by atoms with E-state index in [1.54, 1.807) is 0 Å². The molecule has 0 aromatic carbocycles. The van der Waals surface area contributed by atoms with E-state index in [9.17, 15) is 4.79 Å². The first-order chi connectivity index (χ1) is 9.90. The van der Waals surface area contributed by atoms with Gasteiger partial charge in [0.15, 0.2) is 0 Å². The summed E-state index contributed by atoms with van der Waals surface area (Å²) >= 11 is 0. The third-order valence-corrected chi connectivity index (χ3v) is 2.82. The Labute approximate surface area is 128 Å². The van der Waals surface area contributed by atoms with Crippen molar-refractivity contribution in [2.45, 2.75) is 59.2 Å². The van der Waals surface area contributed by atoms with Crippen LogP contribution in [0.5, 0.6) is 0 Å². The van der Waals surface area contributed by atoms with Gasteiger partial charge in [-0.3, -0.25) is 0 Å². The first-order valence-electron chi connectivity index (χ1n) is 7.73. The van der Waals surface area contributed by atoms with E-state index in [4.69, 9.17) is 4.74 Å². The predicted octanol–water partition coefficient (Wildman–Crippen LogP) is 2.90. The molecule has 0 fully saturated rings. The highest BCUT2D eigenvalue weighted by molar-refractivity contribution is 5.67. The molecule has 0 atom stereocenters. The number of carbonyl (C=O) groups is 1. The second-order valence-corrected chi connectivity index (χ2v) is 6.22. The number of ether oxygens (including phenoxy) is 1. The minimum atomic E-state index is -0.437. The van der Waals surface area contributed by atoms with E-state index >= 15 is 0 Å². The second kappa shape index (κ2) is 8.72. The first-order valence-corrected chi connectivity index (χ1v) is 7.73. The standard InChI is InChI=1S/C16H29N3O2/c1-5-10-19-11-7-14(13-19)12-17-8-6-9-18-15(20)21-16(2,3)4/h7,11,13,17H,5-6,8-10,12H2,1-4H3,(H,18,20). The van der Waals surface area contributed by atoms with Gasteiger partial charge in [-0.15, -0.1) is 0 Å². The highest BCUT2D eigenvalue weighted by Crippen LogP contribution is 2.06. The molecule has 0 unspecified atom stereocenters. The van der Waals surface area contributed by atoms with Crippen LogP contribution in [0, 0.1) is 0 Å². The fourth-order valence-electron chi connectivity index (χ4n) is 1.94. The molecule has 5 nitrogen and oxygen atoms in total. The van der Waals surface area contributed by atoms with Gasteiger partial charge in [-0.2, -0.15) is 0 Å². The summed E-state index contributed by atoms with van der Waals surface area (Å²) in [6.45, 7) is 11.2. The van der Waals surface area contributed by atoms with Gasteiger partial charge in [-0.1, -0.05) is 6.92 Å². The Morgan fingerprint density at radius 3 is 2.76 bits per heavy atom. The number of hydrogen-bond donors (Lipinski definition) is 2. The van der Waals surface area contributed by atoms with E-state index in [0.29, 0.717) is 6.54 Å². The maximum atomic E-state index is 11.4. The highest BCUT2D eigenvalue weighted by Gasteiger charge is 2.15. The molecule has 21 heavy (non-hydrogen) atoms. The maximum Gasteiger partial charge on any atom is 0.407 e. The lowest BCUT2D eigenvalue weighted by Crippen LogP contribution is -2.33. The van der Waals surface area contributed by atoms with E-state index in [1.807, 2.05) is 20.8 Å². The monoisotopic (exact) mass is 295 g/mol. The highest BCUT2D eigenvalue weighted by atomic mass is 16.6. The smallest absolute Gasteiger partial charge is 0.407 e. The SMILES string of the molecule is CCCn1ccc(CNCCCNC(=O)OC(C)(C)C)c1. The van der Waals surface area contributed by atoms with Crippen molar-refractivity contribution in [3.8, 4) is 0 Å². The number of aryl methyl sites for hydroxylation is 1. The van der Waals surface area contributed by atoms with Crippen LogP contribution in [0.25, 0.3) is 0 Å². The average Bonchev–Trinajstić information content (AvgIpc) is 2.79. The van der Waals surface area contributed by atoms with Crippen molar-refractivity contribution in [3.05, 3.63) is 24.0 Å². The second-order valence-electron chi connectivity index (χ2n) is 6.22. The molecule has 2 N–H and O–H groups in total. The molecule has 0 radical (unpaired) electrons. The Kier molecular flexibility index (Phi) is 7.29. The predicted molar refractivity (Wildman–Crippen MR) is 85.3 cm³/mol. The zero-order valence-electron chi connectivity index (χ0n) is 13.7. The van der Waals surface area contributed by atoms with E-state index in [0.717, 1.165) is 32.5 Å². The summed E-state index contributed by atoms with van der Waals surface area (Å²) < 4.78 is 7.38. The van der Waals surface area contributed by atoms with Gasteiger partial charge in [0.2, 0.25) is 0 Å². The fraction of sp³-hybridized carbons (Fsp3) is 0.688. The van der Waals surface area contributed by atoms with E-state index in [2.05, 4.69) is 40.6 Å². The molecule has 0 aliphatic heterocycles. The molecule has 0 saturated heterocycles. The summed E-state index contributed by atoms with van der Waals surface area (Å²) in [6.07, 6.45) is 5.98. The van der Waals surface area contributed by atoms with Crippen molar-refractivity contribution in [1.82, 2.24) is 15.2 Å².